The van der Waals surface area contributed by atoms with Crippen molar-refractivity contribution in [1.29, 1.82) is 0 Å². The monoisotopic (exact) mass is 221 g/mol. The molecule has 78 valence electrons. The first kappa shape index (κ1) is 10.2. The molecule has 0 amide bonds. The van der Waals surface area contributed by atoms with Crippen molar-refractivity contribution in [3.8, 4) is 0 Å². The Hall–Kier alpha value is -1.28. The maximum atomic E-state index is 11.6. The summed E-state index contributed by atoms with van der Waals surface area (Å²) in [6.45, 7) is 4.13. The summed E-state index contributed by atoms with van der Waals surface area (Å²) in [6.07, 6.45) is 1.79. The number of benzene rings is 1. The summed E-state index contributed by atoms with van der Waals surface area (Å²) < 4.78 is 2.01. The highest BCUT2D eigenvalue weighted by molar-refractivity contribution is 6.35. The van der Waals surface area contributed by atoms with Gasteiger partial charge in [-0.05, 0) is 26.0 Å². The molecule has 0 saturated carbocycles. The Bertz CT molecular complexity index is 557. The maximum absolute atomic E-state index is 11.6. The molecule has 1 aromatic carbocycles. The second-order valence-corrected chi connectivity index (χ2v) is 4.22. The van der Waals surface area contributed by atoms with Crippen LogP contribution in [0.4, 0.5) is 0 Å². The fraction of sp³-hybridized carbons (Fsp3) is 0.250. The van der Waals surface area contributed by atoms with Gasteiger partial charge in [-0.1, -0.05) is 17.7 Å². The molecule has 0 aliphatic carbocycles. The van der Waals surface area contributed by atoms with Crippen LogP contribution in [0, 0.1) is 0 Å². The van der Waals surface area contributed by atoms with Crippen molar-refractivity contribution in [3.05, 3.63) is 45.7 Å². The number of hydrogen-bond donors (Lipinski definition) is 0. The topological polar surface area (TPSA) is 22.0 Å². The third-order valence-electron chi connectivity index (χ3n) is 2.45. The van der Waals surface area contributed by atoms with Crippen LogP contribution < -0.4 is 5.43 Å². The summed E-state index contributed by atoms with van der Waals surface area (Å²) in [5.41, 5.74) is 0.839. The lowest BCUT2D eigenvalue weighted by Crippen LogP contribution is -2.09. The number of para-hydroxylation sites is 1. The molecule has 2 aromatic rings. The Balaban J connectivity index is 2.97. The minimum absolute atomic E-state index is 0.0180. The lowest BCUT2D eigenvalue weighted by atomic mass is 10.2. The molecule has 0 unspecified atom stereocenters. The molecular formula is C12H12ClNO. The van der Waals surface area contributed by atoms with E-state index in [0.717, 1.165) is 5.52 Å². The van der Waals surface area contributed by atoms with Gasteiger partial charge in [-0.15, -0.1) is 0 Å². The molecule has 15 heavy (non-hydrogen) atoms. The van der Waals surface area contributed by atoms with E-state index in [0.29, 0.717) is 10.4 Å². The minimum atomic E-state index is 0.0180. The highest BCUT2D eigenvalue weighted by Gasteiger charge is 2.07. The van der Waals surface area contributed by atoms with Crippen molar-refractivity contribution in [2.75, 3.05) is 0 Å². The molecule has 3 heteroatoms. The van der Waals surface area contributed by atoms with Gasteiger partial charge in [-0.3, -0.25) is 4.79 Å². The Morgan fingerprint density at radius 3 is 2.67 bits per heavy atom. The van der Waals surface area contributed by atoms with Crippen LogP contribution in [0.2, 0.25) is 5.02 Å². The molecule has 1 aromatic heterocycles. The van der Waals surface area contributed by atoms with Crippen molar-refractivity contribution in [1.82, 2.24) is 4.57 Å². The third kappa shape index (κ3) is 1.65. The van der Waals surface area contributed by atoms with Crippen molar-refractivity contribution in [3.63, 3.8) is 0 Å². The SMILES string of the molecule is CC(C)n1ccc(=O)c2cccc(Cl)c21. The van der Waals surface area contributed by atoms with Crippen LogP contribution in [0.5, 0.6) is 0 Å². The second kappa shape index (κ2) is 3.70. The fourth-order valence-electron chi connectivity index (χ4n) is 1.72. The standard InChI is InChI=1S/C12H12ClNO/c1-8(2)14-7-6-11(15)9-4-3-5-10(13)12(9)14/h3-8H,1-2H3. The van der Waals surface area contributed by atoms with E-state index >= 15 is 0 Å². The molecular weight excluding hydrogens is 210 g/mol. The first-order valence-electron chi connectivity index (χ1n) is 4.90. The first-order valence-corrected chi connectivity index (χ1v) is 5.28. The van der Waals surface area contributed by atoms with Crippen LogP contribution in [0.1, 0.15) is 19.9 Å². The van der Waals surface area contributed by atoms with Crippen molar-refractivity contribution in [2.45, 2.75) is 19.9 Å². The Morgan fingerprint density at radius 2 is 2.00 bits per heavy atom. The van der Waals surface area contributed by atoms with Gasteiger partial charge in [-0.2, -0.15) is 0 Å². The first-order chi connectivity index (χ1) is 7.11. The average Bonchev–Trinajstić information content (AvgIpc) is 2.19. The zero-order valence-electron chi connectivity index (χ0n) is 8.70. The van der Waals surface area contributed by atoms with E-state index in [4.69, 9.17) is 11.6 Å². The summed E-state index contributed by atoms with van der Waals surface area (Å²) in [5.74, 6) is 0. The van der Waals surface area contributed by atoms with E-state index in [9.17, 15) is 4.79 Å². The molecule has 2 nitrogen and oxygen atoms in total. The quantitative estimate of drug-likeness (QED) is 0.725. The number of rotatable bonds is 1. The molecule has 2 rings (SSSR count). The van der Waals surface area contributed by atoms with Gasteiger partial charge in [0.15, 0.2) is 5.43 Å². The van der Waals surface area contributed by atoms with Crippen molar-refractivity contribution < 1.29 is 0 Å². The highest BCUT2D eigenvalue weighted by atomic mass is 35.5. The van der Waals surface area contributed by atoms with Gasteiger partial charge in [-0.25, -0.2) is 0 Å². The molecule has 0 N–H and O–H groups in total. The maximum Gasteiger partial charge on any atom is 0.189 e. The van der Waals surface area contributed by atoms with Crippen LogP contribution in [0.15, 0.2) is 35.3 Å². The van der Waals surface area contributed by atoms with E-state index in [1.165, 1.54) is 0 Å². The van der Waals surface area contributed by atoms with Gasteiger partial charge >= 0.3 is 0 Å². The van der Waals surface area contributed by atoms with Crippen LogP contribution in [-0.4, -0.2) is 4.57 Å². The molecule has 0 spiro atoms. The molecule has 1 heterocycles. The molecule has 0 radical (unpaired) electrons. The number of nitrogens with zero attached hydrogens (tertiary/aromatic N) is 1. The summed E-state index contributed by atoms with van der Waals surface area (Å²) in [5, 5.41) is 1.30. The lowest BCUT2D eigenvalue weighted by molar-refractivity contribution is 0.618. The van der Waals surface area contributed by atoms with Gasteiger partial charge in [0.2, 0.25) is 0 Å². The predicted octanol–water partition coefficient (Wildman–Crippen LogP) is 3.24. The molecule has 0 aliphatic rings. The van der Waals surface area contributed by atoms with Crippen LogP contribution in [0.25, 0.3) is 10.9 Å². The molecule has 0 atom stereocenters. The van der Waals surface area contributed by atoms with E-state index < -0.39 is 0 Å². The Kier molecular flexibility index (Phi) is 2.53. The number of halogens is 1. The average molecular weight is 222 g/mol. The number of pyridine rings is 1. The van der Waals surface area contributed by atoms with E-state index in [-0.39, 0.29) is 11.5 Å². The number of hydrogen-bond acceptors (Lipinski definition) is 1. The van der Waals surface area contributed by atoms with Gasteiger partial charge in [0.1, 0.15) is 0 Å². The Labute approximate surface area is 93.1 Å². The minimum Gasteiger partial charge on any atom is -0.344 e. The van der Waals surface area contributed by atoms with E-state index in [2.05, 4.69) is 13.8 Å². The summed E-state index contributed by atoms with van der Waals surface area (Å²) in [6, 6.07) is 7.29. The molecule has 0 aliphatic heterocycles. The normalized spacial score (nSPS) is 11.2. The fourth-order valence-corrected chi connectivity index (χ4v) is 1.99. The molecule has 0 fully saturated rings. The van der Waals surface area contributed by atoms with Gasteiger partial charge in [0.05, 0.1) is 10.5 Å². The number of fused-ring (bicyclic) bond motifs is 1. The summed E-state index contributed by atoms with van der Waals surface area (Å²) in [7, 11) is 0. The number of aromatic nitrogens is 1. The van der Waals surface area contributed by atoms with Crippen LogP contribution >= 0.6 is 11.6 Å². The second-order valence-electron chi connectivity index (χ2n) is 3.82. The van der Waals surface area contributed by atoms with Gasteiger partial charge in [0, 0.05) is 23.7 Å². The van der Waals surface area contributed by atoms with Crippen LogP contribution in [-0.2, 0) is 0 Å². The van der Waals surface area contributed by atoms with Gasteiger partial charge < -0.3 is 4.57 Å². The van der Waals surface area contributed by atoms with Crippen LogP contribution in [0.3, 0.4) is 0 Å². The largest absolute Gasteiger partial charge is 0.344 e. The van der Waals surface area contributed by atoms with E-state index in [1.54, 1.807) is 18.3 Å². The highest BCUT2D eigenvalue weighted by Crippen LogP contribution is 2.23. The van der Waals surface area contributed by atoms with Gasteiger partial charge in [0.25, 0.3) is 0 Å². The Morgan fingerprint density at radius 1 is 1.27 bits per heavy atom. The van der Waals surface area contributed by atoms with Crippen molar-refractivity contribution in [2.24, 2.45) is 0 Å². The van der Waals surface area contributed by atoms with Crippen molar-refractivity contribution >= 4 is 22.5 Å². The predicted molar refractivity (Wildman–Crippen MR) is 63.6 cm³/mol. The zero-order valence-corrected chi connectivity index (χ0v) is 9.45. The molecule has 0 saturated heterocycles. The van der Waals surface area contributed by atoms with E-state index in [1.807, 2.05) is 16.7 Å². The summed E-state index contributed by atoms with van der Waals surface area (Å²) in [4.78, 5) is 11.6. The lowest BCUT2D eigenvalue weighted by Gasteiger charge is -2.15. The zero-order chi connectivity index (χ0) is 11.0. The third-order valence-corrected chi connectivity index (χ3v) is 2.76. The molecule has 0 bridgehead atoms. The summed E-state index contributed by atoms with van der Waals surface area (Å²) >= 11 is 6.12. The smallest absolute Gasteiger partial charge is 0.189 e.